The lowest BCUT2D eigenvalue weighted by molar-refractivity contribution is -0.137. The molecule has 3 aromatic rings. The lowest BCUT2D eigenvalue weighted by Gasteiger charge is -2.58. The standard InChI is InChI=1S/C23H19N5O3/c1-22-20-25-14-8-4-2-6-12(14)19(31)28(20)16(18(30)26-22)10-23(22)13-7-3-5-9-15(13)27-17(29)11-24-21(23)27/h2-9,16,21,24H,10-11H2,1H3,(H,26,30)/t16-,21-,22-,23-/m0/s1. The van der Waals surface area contributed by atoms with Gasteiger partial charge in [-0.25, -0.2) is 4.98 Å². The first-order valence-electron chi connectivity index (χ1n) is 10.5. The summed E-state index contributed by atoms with van der Waals surface area (Å²) in [6.07, 6.45) is 0.100. The lowest BCUT2D eigenvalue weighted by Crippen LogP contribution is -2.75. The maximum Gasteiger partial charge on any atom is 0.262 e. The Hall–Kier alpha value is -3.52. The highest BCUT2D eigenvalue weighted by molar-refractivity contribution is 6.01. The number of rotatable bonds is 0. The number of piperidine rings is 1. The molecule has 8 heteroatoms. The smallest absolute Gasteiger partial charge is 0.262 e. The van der Waals surface area contributed by atoms with E-state index in [-0.39, 0.29) is 30.1 Å². The number of fused-ring (bicyclic) bond motifs is 5. The van der Waals surface area contributed by atoms with Crippen LogP contribution in [0.4, 0.5) is 5.69 Å². The van der Waals surface area contributed by atoms with E-state index in [4.69, 9.17) is 4.98 Å². The zero-order chi connectivity index (χ0) is 21.1. The molecular formula is C23H19N5O3. The molecular weight excluding hydrogens is 394 g/mol. The SMILES string of the molecule is C[C@@]12NC(=O)[C@H](C[C@@]13c1ccccc1N1C(=O)CN[C@@H]13)n1c2nc2ccccc2c1=O. The maximum absolute atomic E-state index is 13.4. The van der Waals surface area contributed by atoms with E-state index in [1.165, 1.54) is 0 Å². The van der Waals surface area contributed by atoms with Gasteiger partial charge < -0.3 is 5.32 Å². The molecule has 1 spiro atoms. The van der Waals surface area contributed by atoms with Gasteiger partial charge in [0.1, 0.15) is 23.6 Å². The van der Waals surface area contributed by atoms with Crippen molar-refractivity contribution in [3.8, 4) is 0 Å². The van der Waals surface area contributed by atoms with Crippen molar-refractivity contribution in [2.45, 2.75) is 36.5 Å². The maximum atomic E-state index is 13.4. The molecule has 0 unspecified atom stereocenters. The van der Waals surface area contributed by atoms with Crippen LogP contribution in [0, 0.1) is 0 Å². The first-order valence-corrected chi connectivity index (χ1v) is 10.5. The van der Waals surface area contributed by atoms with Gasteiger partial charge >= 0.3 is 0 Å². The summed E-state index contributed by atoms with van der Waals surface area (Å²) in [5, 5.41) is 7.10. The quantitative estimate of drug-likeness (QED) is 0.571. The molecule has 1 aromatic heterocycles. The summed E-state index contributed by atoms with van der Waals surface area (Å²) < 4.78 is 1.58. The van der Waals surface area contributed by atoms with Crippen LogP contribution in [-0.2, 0) is 20.5 Å². The van der Waals surface area contributed by atoms with Crippen LogP contribution in [-0.4, -0.2) is 34.1 Å². The Morgan fingerprint density at radius 3 is 2.71 bits per heavy atom. The molecule has 0 radical (unpaired) electrons. The molecule has 2 amide bonds. The number of nitrogens with zero attached hydrogens (tertiary/aromatic N) is 3. The van der Waals surface area contributed by atoms with Crippen molar-refractivity contribution >= 4 is 28.4 Å². The molecule has 0 aliphatic carbocycles. The van der Waals surface area contributed by atoms with Gasteiger partial charge in [-0.2, -0.15) is 0 Å². The first-order chi connectivity index (χ1) is 15.0. The van der Waals surface area contributed by atoms with Crippen molar-refractivity contribution in [1.29, 1.82) is 0 Å². The number of anilines is 1. The Labute approximate surface area is 176 Å². The molecule has 2 aromatic carbocycles. The van der Waals surface area contributed by atoms with Gasteiger partial charge in [-0.15, -0.1) is 0 Å². The Bertz CT molecular complexity index is 1410. The van der Waals surface area contributed by atoms with Gasteiger partial charge in [0.25, 0.3) is 5.56 Å². The topological polar surface area (TPSA) is 96.3 Å². The molecule has 8 nitrogen and oxygen atoms in total. The molecule has 2 N–H and O–H groups in total. The zero-order valence-electron chi connectivity index (χ0n) is 16.8. The van der Waals surface area contributed by atoms with Gasteiger partial charge in [0.05, 0.1) is 22.9 Å². The van der Waals surface area contributed by atoms with E-state index in [0.29, 0.717) is 23.1 Å². The molecule has 6 heterocycles. The van der Waals surface area contributed by atoms with Crippen LogP contribution in [0.25, 0.3) is 10.9 Å². The van der Waals surface area contributed by atoms with Crippen molar-refractivity contribution in [3.05, 3.63) is 70.3 Å². The Morgan fingerprint density at radius 2 is 1.84 bits per heavy atom. The van der Waals surface area contributed by atoms with Gasteiger partial charge in [-0.3, -0.25) is 29.2 Å². The fraction of sp³-hybridized carbons (Fsp3) is 0.304. The van der Waals surface area contributed by atoms with Crippen LogP contribution >= 0.6 is 0 Å². The van der Waals surface area contributed by atoms with Crippen molar-refractivity contribution in [1.82, 2.24) is 20.2 Å². The minimum absolute atomic E-state index is 0.00885. The minimum atomic E-state index is -0.977. The van der Waals surface area contributed by atoms with Crippen molar-refractivity contribution < 1.29 is 9.59 Å². The van der Waals surface area contributed by atoms with Crippen LogP contribution in [0.5, 0.6) is 0 Å². The fourth-order valence-corrected chi connectivity index (χ4v) is 6.44. The molecule has 8 rings (SSSR count). The van der Waals surface area contributed by atoms with Gasteiger partial charge in [0.2, 0.25) is 11.8 Å². The van der Waals surface area contributed by atoms with E-state index in [0.717, 1.165) is 11.3 Å². The number of hydrogen-bond donors (Lipinski definition) is 2. The molecule has 0 saturated carbocycles. The van der Waals surface area contributed by atoms with E-state index >= 15 is 0 Å². The Balaban J connectivity index is 1.60. The Morgan fingerprint density at radius 1 is 1.06 bits per heavy atom. The van der Waals surface area contributed by atoms with E-state index in [1.807, 2.05) is 54.3 Å². The summed E-state index contributed by atoms with van der Waals surface area (Å²) in [6.45, 7) is 2.19. The third kappa shape index (κ3) is 1.70. The predicted molar refractivity (Wildman–Crippen MR) is 113 cm³/mol. The number of hydrogen-bond acceptors (Lipinski definition) is 5. The second-order valence-corrected chi connectivity index (χ2v) is 9.00. The highest BCUT2D eigenvalue weighted by Crippen LogP contribution is 2.62. The number of carbonyl (C=O) groups excluding carboxylic acids is 2. The molecule has 31 heavy (non-hydrogen) atoms. The summed E-state index contributed by atoms with van der Waals surface area (Å²) in [5.41, 5.74) is 0.656. The molecule has 2 fully saturated rings. The number of para-hydroxylation sites is 2. The van der Waals surface area contributed by atoms with Gasteiger partial charge in [-0.05, 0) is 37.1 Å². The minimum Gasteiger partial charge on any atom is -0.341 e. The largest absolute Gasteiger partial charge is 0.341 e. The second-order valence-electron chi connectivity index (χ2n) is 9.00. The average Bonchev–Trinajstić information content (AvgIpc) is 3.28. The lowest BCUT2D eigenvalue weighted by atomic mass is 9.57. The number of nitrogens with one attached hydrogen (secondary N) is 2. The van der Waals surface area contributed by atoms with E-state index in [9.17, 15) is 14.4 Å². The molecule has 5 aliphatic heterocycles. The van der Waals surface area contributed by atoms with Crippen molar-refractivity contribution in [2.75, 3.05) is 11.4 Å². The third-order valence-electron chi connectivity index (χ3n) is 7.73. The van der Waals surface area contributed by atoms with E-state index in [1.54, 1.807) is 10.6 Å². The normalized spacial score (nSPS) is 32.4. The number of amides is 2. The molecule has 154 valence electrons. The number of aromatic nitrogens is 2. The molecule has 4 atom stereocenters. The van der Waals surface area contributed by atoms with Gasteiger partial charge in [0, 0.05) is 5.69 Å². The molecule has 2 saturated heterocycles. The van der Waals surface area contributed by atoms with E-state index < -0.39 is 17.0 Å². The first kappa shape index (κ1) is 17.2. The summed E-state index contributed by atoms with van der Waals surface area (Å²) in [5.74, 6) is 0.375. The molecule has 5 aliphatic rings. The van der Waals surface area contributed by atoms with Crippen LogP contribution in [0.3, 0.4) is 0 Å². The van der Waals surface area contributed by atoms with Crippen LogP contribution in [0.15, 0.2) is 53.3 Å². The van der Waals surface area contributed by atoms with Crippen LogP contribution < -0.4 is 21.1 Å². The number of carbonyl (C=O) groups is 2. The van der Waals surface area contributed by atoms with E-state index in [2.05, 4.69) is 10.6 Å². The number of benzene rings is 2. The average molecular weight is 413 g/mol. The molecule has 2 bridgehead atoms. The van der Waals surface area contributed by atoms with Crippen molar-refractivity contribution in [2.24, 2.45) is 0 Å². The summed E-state index contributed by atoms with van der Waals surface area (Å²) in [4.78, 5) is 46.1. The fourth-order valence-electron chi connectivity index (χ4n) is 6.44. The Kier molecular flexibility index (Phi) is 2.89. The van der Waals surface area contributed by atoms with Gasteiger partial charge in [-0.1, -0.05) is 30.3 Å². The second kappa shape index (κ2) is 5.20. The van der Waals surface area contributed by atoms with Crippen LogP contribution in [0.1, 0.15) is 30.8 Å². The highest BCUT2D eigenvalue weighted by atomic mass is 16.2. The summed E-state index contributed by atoms with van der Waals surface area (Å²) in [7, 11) is 0. The summed E-state index contributed by atoms with van der Waals surface area (Å²) in [6, 6.07) is 14.4. The highest BCUT2D eigenvalue weighted by Gasteiger charge is 2.71. The zero-order valence-corrected chi connectivity index (χ0v) is 16.8. The predicted octanol–water partition coefficient (Wildman–Crippen LogP) is 0.900. The summed E-state index contributed by atoms with van der Waals surface area (Å²) >= 11 is 0. The monoisotopic (exact) mass is 413 g/mol. The third-order valence-corrected chi connectivity index (χ3v) is 7.73. The van der Waals surface area contributed by atoms with Crippen molar-refractivity contribution in [3.63, 3.8) is 0 Å². The van der Waals surface area contributed by atoms with Gasteiger partial charge in [0.15, 0.2) is 0 Å². The van der Waals surface area contributed by atoms with Crippen LogP contribution in [0.2, 0.25) is 0 Å².